The molecule has 1 aromatic heterocycles. The molecule has 3 rings (SSSR count). The molecule has 0 radical (unpaired) electrons. The third-order valence-corrected chi connectivity index (χ3v) is 3.53. The van der Waals surface area contributed by atoms with Crippen molar-refractivity contribution in [1.29, 1.82) is 0 Å². The maximum atomic E-state index is 13.5. The van der Waals surface area contributed by atoms with Crippen molar-refractivity contribution in [1.82, 2.24) is 9.88 Å². The van der Waals surface area contributed by atoms with E-state index < -0.39 is 5.82 Å². The third kappa shape index (κ3) is 3.70. The smallest absolute Gasteiger partial charge is 0.244 e. The first-order valence-corrected chi connectivity index (χ1v) is 7.14. The Morgan fingerprint density at radius 2 is 2.05 bits per heavy atom. The standard InChI is InChI=1S/C16H18FN3O/c17-14-5-1-2-6-15(14)19-16(21)11-20-9-3-4-13(20)10-18-12-7-8-12/h1-6,9,12,18H,7-8,10-11H2,(H,19,21). The molecule has 21 heavy (non-hydrogen) atoms. The number of carbonyl (C=O) groups excluding carboxylic acids is 1. The van der Waals surface area contributed by atoms with E-state index in [1.807, 2.05) is 22.9 Å². The molecule has 1 aliphatic carbocycles. The number of hydrogen-bond acceptors (Lipinski definition) is 2. The average molecular weight is 287 g/mol. The molecule has 0 unspecified atom stereocenters. The number of carbonyl (C=O) groups is 1. The lowest BCUT2D eigenvalue weighted by Crippen LogP contribution is -2.23. The van der Waals surface area contributed by atoms with Crippen molar-refractivity contribution in [2.75, 3.05) is 5.32 Å². The monoisotopic (exact) mass is 287 g/mol. The van der Waals surface area contributed by atoms with Crippen molar-refractivity contribution >= 4 is 11.6 Å². The lowest BCUT2D eigenvalue weighted by molar-refractivity contribution is -0.116. The van der Waals surface area contributed by atoms with Crippen LogP contribution in [0, 0.1) is 5.82 Å². The first-order chi connectivity index (χ1) is 10.2. The van der Waals surface area contributed by atoms with E-state index in [1.54, 1.807) is 18.2 Å². The van der Waals surface area contributed by atoms with Gasteiger partial charge in [0.25, 0.3) is 0 Å². The van der Waals surface area contributed by atoms with Crippen LogP contribution >= 0.6 is 0 Å². The SMILES string of the molecule is O=C(Cn1cccc1CNC1CC1)Nc1ccccc1F. The van der Waals surface area contributed by atoms with E-state index >= 15 is 0 Å². The first kappa shape index (κ1) is 13.8. The van der Waals surface area contributed by atoms with E-state index in [2.05, 4.69) is 10.6 Å². The largest absolute Gasteiger partial charge is 0.341 e. The third-order valence-electron chi connectivity index (χ3n) is 3.53. The topological polar surface area (TPSA) is 46.1 Å². The van der Waals surface area contributed by atoms with Gasteiger partial charge in [0.15, 0.2) is 0 Å². The zero-order valence-electron chi connectivity index (χ0n) is 11.7. The Balaban J connectivity index is 1.59. The van der Waals surface area contributed by atoms with E-state index in [-0.39, 0.29) is 18.1 Å². The highest BCUT2D eigenvalue weighted by Crippen LogP contribution is 2.19. The quantitative estimate of drug-likeness (QED) is 0.857. The number of hydrogen-bond donors (Lipinski definition) is 2. The van der Waals surface area contributed by atoms with Crippen molar-refractivity contribution in [3.05, 3.63) is 54.1 Å². The van der Waals surface area contributed by atoms with Gasteiger partial charge in [-0.05, 0) is 37.1 Å². The second kappa shape index (κ2) is 6.10. The number of para-hydroxylation sites is 1. The molecule has 0 saturated heterocycles. The molecule has 1 heterocycles. The minimum atomic E-state index is -0.422. The minimum Gasteiger partial charge on any atom is -0.341 e. The van der Waals surface area contributed by atoms with Gasteiger partial charge in [-0.2, -0.15) is 0 Å². The van der Waals surface area contributed by atoms with Crippen LogP contribution in [0.3, 0.4) is 0 Å². The summed E-state index contributed by atoms with van der Waals surface area (Å²) in [5.41, 5.74) is 1.28. The van der Waals surface area contributed by atoms with Crippen LogP contribution in [-0.4, -0.2) is 16.5 Å². The van der Waals surface area contributed by atoms with Crippen molar-refractivity contribution in [2.45, 2.75) is 32.0 Å². The van der Waals surface area contributed by atoms with Crippen molar-refractivity contribution in [3.63, 3.8) is 0 Å². The van der Waals surface area contributed by atoms with Crippen LogP contribution in [0.2, 0.25) is 0 Å². The van der Waals surface area contributed by atoms with E-state index in [1.165, 1.54) is 18.9 Å². The number of benzene rings is 1. The van der Waals surface area contributed by atoms with Gasteiger partial charge in [-0.3, -0.25) is 4.79 Å². The highest BCUT2D eigenvalue weighted by Gasteiger charge is 2.20. The Kier molecular flexibility index (Phi) is 4.01. The molecule has 1 aliphatic rings. The fourth-order valence-electron chi connectivity index (χ4n) is 2.21. The Bertz CT molecular complexity index is 634. The number of halogens is 1. The van der Waals surface area contributed by atoms with Crippen LogP contribution in [0.4, 0.5) is 10.1 Å². The van der Waals surface area contributed by atoms with Crippen molar-refractivity contribution in [3.8, 4) is 0 Å². The van der Waals surface area contributed by atoms with Crippen LogP contribution in [0.1, 0.15) is 18.5 Å². The summed E-state index contributed by atoms with van der Waals surface area (Å²) in [6.07, 6.45) is 4.33. The van der Waals surface area contributed by atoms with Crippen LogP contribution < -0.4 is 10.6 Å². The number of nitrogens with zero attached hydrogens (tertiary/aromatic N) is 1. The van der Waals surface area contributed by atoms with Gasteiger partial charge < -0.3 is 15.2 Å². The Hall–Kier alpha value is -2.14. The van der Waals surface area contributed by atoms with Crippen LogP contribution in [-0.2, 0) is 17.9 Å². The van der Waals surface area contributed by atoms with E-state index in [0.29, 0.717) is 6.04 Å². The molecule has 1 saturated carbocycles. The normalized spacial score (nSPS) is 14.1. The van der Waals surface area contributed by atoms with Gasteiger partial charge in [-0.15, -0.1) is 0 Å². The van der Waals surface area contributed by atoms with Gasteiger partial charge in [0.1, 0.15) is 12.4 Å². The highest BCUT2D eigenvalue weighted by molar-refractivity contribution is 5.90. The fraction of sp³-hybridized carbons (Fsp3) is 0.312. The second-order valence-electron chi connectivity index (χ2n) is 5.31. The molecule has 1 amide bonds. The van der Waals surface area contributed by atoms with Gasteiger partial charge in [0.05, 0.1) is 5.69 Å². The summed E-state index contributed by atoms with van der Waals surface area (Å²) in [7, 11) is 0. The summed E-state index contributed by atoms with van der Waals surface area (Å²) < 4.78 is 15.4. The van der Waals surface area contributed by atoms with Crippen molar-refractivity contribution in [2.24, 2.45) is 0 Å². The molecule has 5 heteroatoms. The summed E-state index contributed by atoms with van der Waals surface area (Å²) >= 11 is 0. The first-order valence-electron chi connectivity index (χ1n) is 7.14. The number of rotatable bonds is 6. The van der Waals surface area contributed by atoms with Gasteiger partial charge >= 0.3 is 0 Å². The molecule has 0 atom stereocenters. The molecule has 1 fully saturated rings. The molecule has 0 bridgehead atoms. The van der Waals surface area contributed by atoms with Gasteiger partial charge in [-0.1, -0.05) is 12.1 Å². The molecule has 0 aliphatic heterocycles. The van der Waals surface area contributed by atoms with Crippen molar-refractivity contribution < 1.29 is 9.18 Å². The molecule has 2 aromatic rings. The molecule has 110 valence electrons. The van der Waals surface area contributed by atoms with Crippen LogP contribution in [0.15, 0.2) is 42.6 Å². The summed E-state index contributed by atoms with van der Waals surface area (Å²) in [5.74, 6) is -0.655. The minimum absolute atomic E-state index is 0.184. The Morgan fingerprint density at radius 1 is 1.24 bits per heavy atom. The molecular formula is C16H18FN3O. The maximum Gasteiger partial charge on any atom is 0.244 e. The molecular weight excluding hydrogens is 269 g/mol. The summed E-state index contributed by atoms with van der Waals surface area (Å²) in [4.78, 5) is 12.0. The second-order valence-corrected chi connectivity index (χ2v) is 5.31. The fourth-order valence-corrected chi connectivity index (χ4v) is 2.21. The van der Waals surface area contributed by atoms with E-state index in [0.717, 1.165) is 12.2 Å². The molecule has 0 spiro atoms. The predicted octanol–water partition coefficient (Wildman–Crippen LogP) is 2.52. The predicted molar refractivity (Wildman–Crippen MR) is 79.3 cm³/mol. The van der Waals surface area contributed by atoms with E-state index in [4.69, 9.17) is 0 Å². The Labute approximate surface area is 123 Å². The zero-order chi connectivity index (χ0) is 14.7. The zero-order valence-corrected chi connectivity index (χ0v) is 11.7. The molecule has 1 aromatic carbocycles. The molecule has 2 N–H and O–H groups in total. The number of amides is 1. The highest BCUT2D eigenvalue weighted by atomic mass is 19.1. The number of anilines is 1. The lowest BCUT2D eigenvalue weighted by atomic mass is 10.3. The summed E-state index contributed by atoms with van der Waals surface area (Å²) in [6.45, 7) is 0.938. The summed E-state index contributed by atoms with van der Waals surface area (Å²) in [5, 5.41) is 6.02. The maximum absolute atomic E-state index is 13.5. The average Bonchev–Trinajstić information content (AvgIpc) is 3.20. The Morgan fingerprint density at radius 3 is 2.81 bits per heavy atom. The lowest BCUT2D eigenvalue weighted by Gasteiger charge is -2.11. The van der Waals surface area contributed by atoms with Crippen LogP contribution in [0.5, 0.6) is 0 Å². The van der Waals surface area contributed by atoms with Gasteiger partial charge in [0.2, 0.25) is 5.91 Å². The summed E-state index contributed by atoms with van der Waals surface area (Å²) in [6, 6.07) is 10.7. The van der Waals surface area contributed by atoms with Gasteiger partial charge in [0, 0.05) is 24.5 Å². The number of aromatic nitrogens is 1. The van der Waals surface area contributed by atoms with Gasteiger partial charge in [-0.25, -0.2) is 4.39 Å². The number of nitrogens with one attached hydrogen (secondary N) is 2. The van der Waals surface area contributed by atoms with Crippen LogP contribution in [0.25, 0.3) is 0 Å². The van der Waals surface area contributed by atoms with E-state index in [9.17, 15) is 9.18 Å². The molecule has 4 nitrogen and oxygen atoms in total.